The van der Waals surface area contributed by atoms with Crippen molar-refractivity contribution >= 4 is 22.4 Å². The number of aromatic nitrogens is 1. The van der Waals surface area contributed by atoms with Crippen LogP contribution in [0.2, 0.25) is 0 Å². The van der Waals surface area contributed by atoms with Gasteiger partial charge >= 0.3 is 0 Å². The summed E-state index contributed by atoms with van der Waals surface area (Å²) in [6, 6.07) is 9.71. The number of rotatable bonds is 5. The first-order valence-corrected chi connectivity index (χ1v) is 6.58. The van der Waals surface area contributed by atoms with E-state index in [9.17, 15) is 4.79 Å². The van der Waals surface area contributed by atoms with Gasteiger partial charge in [-0.15, -0.1) is 0 Å². The molecule has 0 unspecified atom stereocenters. The fourth-order valence-electron chi connectivity index (χ4n) is 1.64. The van der Waals surface area contributed by atoms with E-state index in [1.54, 1.807) is 7.11 Å². The number of thiazole rings is 1. The van der Waals surface area contributed by atoms with Crippen molar-refractivity contribution in [3.63, 3.8) is 0 Å². The zero-order chi connectivity index (χ0) is 13.7. The van der Waals surface area contributed by atoms with E-state index in [1.807, 2.05) is 30.3 Å². The van der Waals surface area contributed by atoms with E-state index < -0.39 is 0 Å². The van der Waals surface area contributed by atoms with Crippen molar-refractivity contribution in [2.75, 3.05) is 12.8 Å². The Morgan fingerprint density at radius 2 is 2.16 bits per heavy atom. The highest BCUT2D eigenvalue weighted by molar-refractivity contribution is 7.17. The summed E-state index contributed by atoms with van der Waals surface area (Å²) >= 11 is 1.17. The summed E-state index contributed by atoms with van der Waals surface area (Å²) in [6.07, 6.45) is 0. The molecule has 0 aliphatic carbocycles. The van der Waals surface area contributed by atoms with Gasteiger partial charge in [-0.3, -0.25) is 4.79 Å². The van der Waals surface area contributed by atoms with E-state index in [-0.39, 0.29) is 12.5 Å². The first-order chi connectivity index (χ1) is 9.20. The molecule has 2 aromatic rings. The van der Waals surface area contributed by atoms with Crippen LogP contribution in [0, 0.1) is 0 Å². The molecule has 0 saturated carbocycles. The van der Waals surface area contributed by atoms with Crippen molar-refractivity contribution in [2.45, 2.75) is 13.2 Å². The standard InChI is InChI=1S/C13H15N3O2S/c1-18-8-10-11(19-13(14)16-10)12(17)15-7-9-5-3-2-4-6-9/h2-6H,7-8H2,1H3,(H2,14,16)(H,15,17). The van der Waals surface area contributed by atoms with E-state index in [4.69, 9.17) is 10.5 Å². The Morgan fingerprint density at radius 3 is 2.84 bits per heavy atom. The van der Waals surface area contributed by atoms with Gasteiger partial charge in [-0.2, -0.15) is 0 Å². The van der Waals surface area contributed by atoms with Crippen molar-refractivity contribution in [2.24, 2.45) is 0 Å². The van der Waals surface area contributed by atoms with Crippen molar-refractivity contribution in [3.05, 3.63) is 46.5 Å². The monoisotopic (exact) mass is 277 g/mol. The van der Waals surface area contributed by atoms with Crippen LogP contribution < -0.4 is 11.1 Å². The van der Waals surface area contributed by atoms with Crippen molar-refractivity contribution < 1.29 is 9.53 Å². The molecule has 1 heterocycles. The van der Waals surface area contributed by atoms with Gasteiger partial charge in [0.05, 0.1) is 12.3 Å². The van der Waals surface area contributed by atoms with Crippen LogP contribution in [0.5, 0.6) is 0 Å². The fraction of sp³-hybridized carbons (Fsp3) is 0.231. The second-order valence-corrected chi connectivity index (χ2v) is 4.96. The smallest absolute Gasteiger partial charge is 0.263 e. The number of nitrogens with one attached hydrogen (secondary N) is 1. The van der Waals surface area contributed by atoms with Crippen LogP contribution in [-0.2, 0) is 17.9 Å². The number of carbonyl (C=O) groups is 1. The summed E-state index contributed by atoms with van der Waals surface area (Å²) in [4.78, 5) is 16.7. The minimum absolute atomic E-state index is 0.176. The molecule has 0 aliphatic rings. The predicted molar refractivity (Wildman–Crippen MR) is 74.9 cm³/mol. The van der Waals surface area contributed by atoms with Gasteiger partial charge in [0, 0.05) is 13.7 Å². The Labute approximate surface area is 115 Å². The number of benzene rings is 1. The molecule has 1 aromatic carbocycles. The third kappa shape index (κ3) is 3.52. The molecule has 5 nitrogen and oxygen atoms in total. The van der Waals surface area contributed by atoms with Crippen LogP contribution in [0.1, 0.15) is 20.9 Å². The Hall–Kier alpha value is -1.92. The number of carbonyl (C=O) groups excluding carboxylic acids is 1. The SMILES string of the molecule is COCc1nc(N)sc1C(=O)NCc1ccccc1. The van der Waals surface area contributed by atoms with Gasteiger partial charge in [0.1, 0.15) is 4.88 Å². The van der Waals surface area contributed by atoms with Gasteiger partial charge < -0.3 is 15.8 Å². The van der Waals surface area contributed by atoms with Gasteiger partial charge in [-0.1, -0.05) is 41.7 Å². The van der Waals surface area contributed by atoms with Crippen LogP contribution in [0.15, 0.2) is 30.3 Å². The quantitative estimate of drug-likeness (QED) is 0.873. The van der Waals surface area contributed by atoms with E-state index >= 15 is 0 Å². The van der Waals surface area contributed by atoms with E-state index in [1.165, 1.54) is 11.3 Å². The second kappa shape index (κ2) is 6.31. The molecule has 0 spiro atoms. The van der Waals surface area contributed by atoms with Crippen molar-refractivity contribution in [1.82, 2.24) is 10.3 Å². The van der Waals surface area contributed by atoms with E-state index in [0.717, 1.165) is 5.56 Å². The summed E-state index contributed by atoms with van der Waals surface area (Å²) < 4.78 is 5.00. The molecule has 1 amide bonds. The highest BCUT2D eigenvalue weighted by Gasteiger charge is 2.16. The largest absolute Gasteiger partial charge is 0.378 e. The molecule has 0 fully saturated rings. The average Bonchev–Trinajstić information content (AvgIpc) is 2.79. The molecule has 0 bridgehead atoms. The number of amides is 1. The van der Waals surface area contributed by atoms with Gasteiger partial charge in [-0.05, 0) is 5.56 Å². The molecule has 1 aromatic heterocycles. The van der Waals surface area contributed by atoms with Gasteiger partial charge in [-0.25, -0.2) is 4.98 Å². The van der Waals surface area contributed by atoms with Gasteiger partial charge in [0.15, 0.2) is 5.13 Å². The molecule has 0 radical (unpaired) electrons. The van der Waals surface area contributed by atoms with Gasteiger partial charge in [0.2, 0.25) is 0 Å². The third-order valence-corrected chi connectivity index (χ3v) is 3.42. The maximum Gasteiger partial charge on any atom is 0.263 e. The normalized spacial score (nSPS) is 10.4. The lowest BCUT2D eigenvalue weighted by molar-refractivity contribution is 0.0950. The molecule has 0 atom stereocenters. The number of hydrogen-bond acceptors (Lipinski definition) is 5. The van der Waals surface area contributed by atoms with E-state index in [2.05, 4.69) is 10.3 Å². The van der Waals surface area contributed by atoms with Crippen molar-refractivity contribution in [3.8, 4) is 0 Å². The number of hydrogen-bond donors (Lipinski definition) is 2. The summed E-state index contributed by atoms with van der Waals surface area (Å²) in [5, 5.41) is 3.22. The van der Waals surface area contributed by atoms with Gasteiger partial charge in [0.25, 0.3) is 5.91 Å². The zero-order valence-corrected chi connectivity index (χ0v) is 11.4. The molecule has 3 N–H and O–H groups in total. The number of ether oxygens (including phenoxy) is 1. The lowest BCUT2D eigenvalue weighted by Crippen LogP contribution is -2.23. The van der Waals surface area contributed by atoms with Crippen LogP contribution >= 0.6 is 11.3 Å². The van der Waals surface area contributed by atoms with Crippen LogP contribution in [0.25, 0.3) is 0 Å². The summed E-state index contributed by atoms with van der Waals surface area (Å²) in [6.45, 7) is 0.756. The minimum Gasteiger partial charge on any atom is -0.378 e. The zero-order valence-electron chi connectivity index (χ0n) is 10.6. The first kappa shape index (κ1) is 13.5. The summed E-state index contributed by atoms with van der Waals surface area (Å²) in [5.74, 6) is -0.176. The molecule has 19 heavy (non-hydrogen) atoms. The summed E-state index contributed by atoms with van der Waals surface area (Å²) in [7, 11) is 1.56. The Balaban J connectivity index is 2.03. The number of anilines is 1. The Bertz CT molecular complexity index is 554. The Kier molecular flexibility index (Phi) is 4.48. The van der Waals surface area contributed by atoms with Crippen LogP contribution in [0.3, 0.4) is 0 Å². The number of methoxy groups -OCH3 is 1. The maximum atomic E-state index is 12.1. The first-order valence-electron chi connectivity index (χ1n) is 5.77. The molecule has 2 rings (SSSR count). The maximum absolute atomic E-state index is 12.1. The number of nitrogen functional groups attached to an aromatic ring is 1. The average molecular weight is 277 g/mol. The fourth-order valence-corrected chi connectivity index (χ4v) is 2.39. The van der Waals surface area contributed by atoms with Crippen LogP contribution in [-0.4, -0.2) is 18.0 Å². The van der Waals surface area contributed by atoms with Crippen LogP contribution in [0.4, 0.5) is 5.13 Å². The highest BCUT2D eigenvalue weighted by Crippen LogP contribution is 2.21. The molecular weight excluding hydrogens is 262 g/mol. The molecule has 0 saturated heterocycles. The topological polar surface area (TPSA) is 77.2 Å². The highest BCUT2D eigenvalue weighted by atomic mass is 32.1. The third-order valence-electron chi connectivity index (χ3n) is 2.50. The molecular formula is C13H15N3O2S. The van der Waals surface area contributed by atoms with E-state index in [0.29, 0.717) is 22.2 Å². The lowest BCUT2D eigenvalue weighted by Gasteiger charge is -2.04. The minimum atomic E-state index is -0.176. The Morgan fingerprint density at radius 1 is 1.42 bits per heavy atom. The summed E-state index contributed by atoms with van der Waals surface area (Å²) in [5.41, 5.74) is 7.25. The lowest BCUT2D eigenvalue weighted by atomic mass is 10.2. The molecule has 6 heteroatoms. The second-order valence-electron chi connectivity index (χ2n) is 3.93. The predicted octanol–water partition coefficient (Wildman–Crippen LogP) is 1.80. The number of nitrogens with two attached hydrogens (primary N) is 1. The molecule has 100 valence electrons. The number of nitrogens with zero attached hydrogens (tertiary/aromatic N) is 1. The van der Waals surface area contributed by atoms with Crippen molar-refractivity contribution in [1.29, 1.82) is 0 Å². The molecule has 0 aliphatic heterocycles.